The van der Waals surface area contributed by atoms with Gasteiger partial charge in [-0.1, -0.05) is 60.7 Å². The first-order valence-electron chi connectivity index (χ1n) is 6.95. The molecule has 3 aromatic rings. The highest BCUT2D eigenvalue weighted by Crippen LogP contribution is 2.29. The Bertz CT molecular complexity index is 625. The fourth-order valence-corrected chi connectivity index (χ4v) is 2.51. The van der Waals surface area contributed by atoms with Gasteiger partial charge in [-0.2, -0.15) is 0 Å². The summed E-state index contributed by atoms with van der Waals surface area (Å²) in [6.07, 6.45) is 1.97. The molecule has 2 aromatic carbocycles. The predicted octanol–water partition coefficient (Wildman–Crippen LogP) is 4.80. The average molecular weight is 262 g/mol. The van der Waals surface area contributed by atoms with Crippen LogP contribution in [-0.2, 0) is 0 Å². The van der Waals surface area contributed by atoms with E-state index in [1.165, 1.54) is 11.3 Å². The van der Waals surface area contributed by atoms with E-state index in [1.807, 2.05) is 18.3 Å². The van der Waals surface area contributed by atoms with Gasteiger partial charge in [-0.3, -0.25) is 0 Å². The summed E-state index contributed by atoms with van der Waals surface area (Å²) in [5.41, 5.74) is 3.53. The van der Waals surface area contributed by atoms with Crippen molar-refractivity contribution in [2.75, 3.05) is 0 Å². The fourth-order valence-electron chi connectivity index (χ4n) is 2.51. The molecular weight excluding hydrogens is 244 g/mol. The van der Waals surface area contributed by atoms with Gasteiger partial charge < -0.3 is 4.57 Å². The van der Waals surface area contributed by atoms with Crippen molar-refractivity contribution >= 4 is 0 Å². The maximum atomic E-state index is 4.65. The standard InChI is InChI=1S/C18H18N2/c1-14(2)20-17(15-9-5-3-6-10-15)13-19-18(20)16-11-7-4-8-12-16/h3-14H,1-2H3. The van der Waals surface area contributed by atoms with Crippen LogP contribution in [0.25, 0.3) is 22.6 Å². The molecule has 1 aromatic heterocycles. The van der Waals surface area contributed by atoms with Gasteiger partial charge in [0.2, 0.25) is 0 Å². The lowest BCUT2D eigenvalue weighted by Gasteiger charge is -2.16. The Labute approximate surface area is 119 Å². The minimum atomic E-state index is 0.364. The molecule has 0 aliphatic heterocycles. The Morgan fingerprint density at radius 2 is 1.35 bits per heavy atom. The summed E-state index contributed by atoms with van der Waals surface area (Å²) in [5.74, 6) is 1.03. The topological polar surface area (TPSA) is 17.8 Å². The second-order valence-corrected chi connectivity index (χ2v) is 5.16. The Kier molecular flexibility index (Phi) is 3.38. The third kappa shape index (κ3) is 2.25. The van der Waals surface area contributed by atoms with E-state index in [1.54, 1.807) is 0 Å². The minimum Gasteiger partial charge on any atom is -0.321 e. The van der Waals surface area contributed by atoms with Crippen molar-refractivity contribution in [1.29, 1.82) is 0 Å². The van der Waals surface area contributed by atoms with E-state index in [-0.39, 0.29) is 0 Å². The molecular formula is C18H18N2. The first-order valence-corrected chi connectivity index (χ1v) is 6.95. The van der Waals surface area contributed by atoms with Crippen LogP contribution in [0.1, 0.15) is 19.9 Å². The van der Waals surface area contributed by atoms with Crippen LogP contribution < -0.4 is 0 Å². The van der Waals surface area contributed by atoms with Gasteiger partial charge in [-0.25, -0.2) is 4.98 Å². The summed E-state index contributed by atoms with van der Waals surface area (Å²) in [4.78, 5) is 4.65. The molecule has 0 N–H and O–H groups in total. The van der Waals surface area contributed by atoms with Crippen molar-refractivity contribution in [2.45, 2.75) is 19.9 Å². The van der Waals surface area contributed by atoms with E-state index in [0.29, 0.717) is 6.04 Å². The van der Waals surface area contributed by atoms with Crippen LogP contribution in [0, 0.1) is 0 Å². The summed E-state index contributed by atoms with van der Waals surface area (Å²) in [6, 6.07) is 21.1. The molecule has 3 rings (SSSR count). The van der Waals surface area contributed by atoms with Gasteiger partial charge >= 0.3 is 0 Å². The smallest absolute Gasteiger partial charge is 0.140 e. The SMILES string of the molecule is CC(C)n1c(-c2ccccc2)cnc1-c1ccccc1. The number of rotatable bonds is 3. The second kappa shape index (κ2) is 5.33. The van der Waals surface area contributed by atoms with Crippen LogP contribution in [0.2, 0.25) is 0 Å². The minimum absolute atomic E-state index is 0.364. The zero-order valence-electron chi connectivity index (χ0n) is 11.8. The van der Waals surface area contributed by atoms with Gasteiger partial charge in [-0.05, 0) is 19.4 Å². The predicted molar refractivity (Wildman–Crippen MR) is 83.5 cm³/mol. The van der Waals surface area contributed by atoms with Crippen LogP contribution in [0.3, 0.4) is 0 Å². The van der Waals surface area contributed by atoms with Gasteiger partial charge in [0.25, 0.3) is 0 Å². The highest BCUT2D eigenvalue weighted by Gasteiger charge is 2.15. The Morgan fingerprint density at radius 3 is 1.90 bits per heavy atom. The molecule has 0 atom stereocenters. The monoisotopic (exact) mass is 262 g/mol. The lowest BCUT2D eigenvalue weighted by Crippen LogP contribution is -2.05. The van der Waals surface area contributed by atoms with Crippen molar-refractivity contribution in [3.8, 4) is 22.6 Å². The highest BCUT2D eigenvalue weighted by molar-refractivity contribution is 5.66. The molecule has 0 aliphatic carbocycles. The third-order valence-electron chi connectivity index (χ3n) is 3.41. The Morgan fingerprint density at radius 1 is 0.800 bits per heavy atom. The number of hydrogen-bond acceptors (Lipinski definition) is 1. The Hall–Kier alpha value is -2.35. The van der Waals surface area contributed by atoms with Gasteiger partial charge in [0, 0.05) is 11.6 Å². The molecule has 20 heavy (non-hydrogen) atoms. The molecule has 0 saturated carbocycles. The summed E-state index contributed by atoms with van der Waals surface area (Å²) in [5, 5.41) is 0. The molecule has 0 fully saturated rings. The Balaban J connectivity index is 2.17. The van der Waals surface area contributed by atoms with E-state index in [9.17, 15) is 0 Å². The number of imidazole rings is 1. The van der Waals surface area contributed by atoms with Gasteiger partial charge in [0.1, 0.15) is 5.82 Å². The number of benzene rings is 2. The van der Waals surface area contributed by atoms with Crippen molar-refractivity contribution in [1.82, 2.24) is 9.55 Å². The maximum absolute atomic E-state index is 4.65. The highest BCUT2D eigenvalue weighted by atomic mass is 15.1. The molecule has 2 heteroatoms. The molecule has 2 nitrogen and oxygen atoms in total. The molecule has 0 spiro atoms. The molecule has 100 valence electrons. The normalized spacial score (nSPS) is 10.9. The van der Waals surface area contributed by atoms with Crippen molar-refractivity contribution < 1.29 is 0 Å². The van der Waals surface area contributed by atoms with Gasteiger partial charge in [0.05, 0.1) is 11.9 Å². The molecule has 0 radical (unpaired) electrons. The van der Waals surface area contributed by atoms with Gasteiger partial charge in [-0.15, -0.1) is 0 Å². The second-order valence-electron chi connectivity index (χ2n) is 5.16. The van der Waals surface area contributed by atoms with Crippen LogP contribution >= 0.6 is 0 Å². The number of nitrogens with zero attached hydrogens (tertiary/aromatic N) is 2. The zero-order chi connectivity index (χ0) is 13.9. The zero-order valence-corrected chi connectivity index (χ0v) is 11.8. The molecule has 1 heterocycles. The fraction of sp³-hybridized carbons (Fsp3) is 0.167. The largest absolute Gasteiger partial charge is 0.321 e. The van der Waals surface area contributed by atoms with Crippen LogP contribution in [-0.4, -0.2) is 9.55 Å². The maximum Gasteiger partial charge on any atom is 0.140 e. The van der Waals surface area contributed by atoms with Crippen LogP contribution in [0.15, 0.2) is 66.9 Å². The summed E-state index contributed by atoms with van der Waals surface area (Å²) in [7, 11) is 0. The molecule has 0 unspecified atom stereocenters. The summed E-state index contributed by atoms with van der Waals surface area (Å²) >= 11 is 0. The van der Waals surface area contributed by atoms with Crippen molar-refractivity contribution in [2.24, 2.45) is 0 Å². The molecule has 0 saturated heterocycles. The number of hydrogen-bond donors (Lipinski definition) is 0. The van der Waals surface area contributed by atoms with E-state index < -0.39 is 0 Å². The van der Waals surface area contributed by atoms with Crippen molar-refractivity contribution in [3.05, 3.63) is 66.9 Å². The molecule has 0 bridgehead atoms. The third-order valence-corrected chi connectivity index (χ3v) is 3.41. The summed E-state index contributed by atoms with van der Waals surface area (Å²) < 4.78 is 2.30. The van der Waals surface area contributed by atoms with E-state index in [2.05, 4.69) is 71.9 Å². The van der Waals surface area contributed by atoms with E-state index >= 15 is 0 Å². The van der Waals surface area contributed by atoms with E-state index in [4.69, 9.17) is 0 Å². The van der Waals surface area contributed by atoms with Crippen LogP contribution in [0.5, 0.6) is 0 Å². The lowest BCUT2D eigenvalue weighted by atomic mass is 10.1. The number of aromatic nitrogens is 2. The van der Waals surface area contributed by atoms with Gasteiger partial charge in [0.15, 0.2) is 0 Å². The first kappa shape index (κ1) is 12.7. The quantitative estimate of drug-likeness (QED) is 0.663. The molecule has 0 amide bonds. The van der Waals surface area contributed by atoms with Crippen molar-refractivity contribution in [3.63, 3.8) is 0 Å². The lowest BCUT2D eigenvalue weighted by molar-refractivity contribution is 0.612. The van der Waals surface area contributed by atoms with Crippen LogP contribution in [0.4, 0.5) is 0 Å². The van der Waals surface area contributed by atoms with E-state index in [0.717, 1.165) is 11.4 Å². The molecule has 0 aliphatic rings. The summed E-state index contributed by atoms with van der Waals surface area (Å²) in [6.45, 7) is 4.39. The first-order chi connectivity index (χ1) is 9.77. The average Bonchev–Trinajstić information content (AvgIpc) is 2.94.